The second-order valence-electron chi connectivity index (χ2n) is 13.5. The van der Waals surface area contributed by atoms with Crippen LogP contribution in [0, 0.1) is 0 Å². The first kappa shape index (κ1) is 33.6. The van der Waals surface area contributed by atoms with Crippen molar-refractivity contribution in [1.29, 1.82) is 0 Å². The van der Waals surface area contributed by atoms with E-state index >= 15 is 0 Å². The fraction of sp³-hybridized carbons (Fsp3) is 0.368. The number of rotatable bonds is 8. The van der Waals surface area contributed by atoms with Crippen molar-refractivity contribution in [2.75, 3.05) is 18.4 Å². The molecule has 2 aromatic heterocycles. The number of nitrogens with zero attached hydrogens (tertiary/aromatic N) is 4. The Morgan fingerprint density at radius 3 is 2.27 bits per heavy atom. The van der Waals surface area contributed by atoms with Gasteiger partial charge in [-0.3, -0.25) is 24.4 Å². The van der Waals surface area contributed by atoms with Crippen LogP contribution in [0.3, 0.4) is 0 Å². The molecule has 2 saturated heterocycles. The first-order valence-corrected chi connectivity index (χ1v) is 16.7. The monoisotopic (exact) mass is 663 g/mol. The van der Waals surface area contributed by atoms with Crippen molar-refractivity contribution in [2.45, 2.75) is 77.2 Å². The molecule has 2 aromatic carbocycles. The summed E-state index contributed by atoms with van der Waals surface area (Å²) in [5, 5.41) is 3.75. The van der Waals surface area contributed by atoms with Gasteiger partial charge in [-0.15, -0.1) is 0 Å². The van der Waals surface area contributed by atoms with Crippen LogP contribution in [-0.2, 0) is 32.1 Å². The maximum absolute atomic E-state index is 13.2. The van der Waals surface area contributed by atoms with E-state index in [1.165, 1.54) is 4.90 Å². The summed E-state index contributed by atoms with van der Waals surface area (Å²) in [6.07, 6.45) is 3.51. The lowest BCUT2D eigenvalue weighted by atomic mass is 10.0. The highest BCUT2D eigenvalue weighted by molar-refractivity contribution is 5.96. The van der Waals surface area contributed by atoms with Crippen molar-refractivity contribution < 1.29 is 28.7 Å². The summed E-state index contributed by atoms with van der Waals surface area (Å²) >= 11 is 0. The molecule has 0 unspecified atom stereocenters. The van der Waals surface area contributed by atoms with E-state index in [0.29, 0.717) is 43.9 Å². The molecule has 0 bridgehead atoms. The lowest BCUT2D eigenvalue weighted by Crippen LogP contribution is -2.43. The van der Waals surface area contributed by atoms with Crippen LogP contribution in [0.15, 0.2) is 79.0 Å². The third-order valence-corrected chi connectivity index (χ3v) is 8.70. The predicted octanol–water partition coefficient (Wildman–Crippen LogP) is 6.55. The topological polar surface area (TPSA) is 131 Å². The van der Waals surface area contributed by atoms with Gasteiger partial charge in [-0.25, -0.2) is 14.6 Å². The molecule has 2 aliphatic rings. The maximum Gasteiger partial charge on any atom is 0.410 e. The third kappa shape index (κ3) is 8.22. The van der Waals surface area contributed by atoms with Crippen molar-refractivity contribution in [1.82, 2.24) is 19.8 Å². The second-order valence-corrected chi connectivity index (χ2v) is 13.5. The Balaban J connectivity index is 1.05. The Hall–Kier alpha value is -5.32. The smallest absolute Gasteiger partial charge is 0.410 e. The zero-order valence-electron chi connectivity index (χ0n) is 28.1. The van der Waals surface area contributed by atoms with Crippen LogP contribution < -0.4 is 5.32 Å². The molecule has 2 fully saturated rings. The molecule has 0 spiro atoms. The second kappa shape index (κ2) is 14.4. The molecular formula is C38H41N5O6. The molecule has 254 valence electrons. The van der Waals surface area contributed by atoms with Gasteiger partial charge in [-0.1, -0.05) is 42.5 Å². The average Bonchev–Trinajstić information content (AvgIpc) is 3.78. The van der Waals surface area contributed by atoms with Crippen LogP contribution in [-0.4, -0.2) is 74.4 Å². The highest BCUT2D eigenvalue weighted by Gasteiger charge is 2.37. The van der Waals surface area contributed by atoms with Gasteiger partial charge in [0.1, 0.15) is 24.1 Å². The van der Waals surface area contributed by atoms with E-state index in [1.54, 1.807) is 17.2 Å². The van der Waals surface area contributed by atoms with Crippen molar-refractivity contribution in [2.24, 2.45) is 0 Å². The highest BCUT2D eigenvalue weighted by atomic mass is 16.6. The van der Waals surface area contributed by atoms with Crippen molar-refractivity contribution in [3.63, 3.8) is 0 Å². The van der Waals surface area contributed by atoms with E-state index in [4.69, 9.17) is 14.5 Å². The summed E-state index contributed by atoms with van der Waals surface area (Å²) < 4.78 is 11.0. The molecule has 2 atom stereocenters. The van der Waals surface area contributed by atoms with Gasteiger partial charge in [0.15, 0.2) is 5.78 Å². The van der Waals surface area contributed by atoms with Gasteiger partial charge in [-0.2, -0.15) is 0 Å². The van der Waals surface area contributed by atoms with Gasteiger partial charge in [0.25, 0.3) is 0 Å². The number of ketones is 1. The minimum Gasteiger partial charge on any atom is -0.445 e. The number of likely N-dealkylation sites (tertiary alicyclic amines) is 2. The SMILES string of the molecule is CC(C)(C)OC(=O)N1CCC[C@H]1C(=O)Cc1ccc2cc(-c3ccc(NC(=O)[C@@H]4CCCN4C(=O)OCc4ccccc4)nc3)ccc2n1. The summed E-state index contributed by atoms with van der Waals surface area (Å²) in [6, 6.07) is 21.5. The summed E-state index contributed by atoms with van der Waals surface area (Å²) in [6.45, 7) is 6.56. The van der Waals surface area contributed by atoms with Crippen molar-refractivity contribution >= 4 is 40.6 Å². The zero-order valence-corrected chi connectivity index (χ0v) is 28.1. The molecular weight excluding hydrogens is 622 g/mol. The Kier molecular flexibility index (Phi) is 9.89. The lowest BCUT2D eigenvalue weighted by Gasteiger charge is -2.28. The minimum atomic E-state index is -0.626. The number of fused-ring (bicyclic) bond motifs is 1. The van der Waals surface area contributed by atoms with Crippen LogP contribution in [0.1, 0.15) is 57.7 Å². The molecule has 4 aromatic rings. The number of aromatic nitrogens is 2. The Morgan fingerprint density at radius 2 is 1.55 bits per heavy atom. The maximum atomic E-state index is 13.2. The van der Waals surface area contributed by atoms with Gasteiger partial charge in [0, 0.05) is 35.9 Å². The van der Waals surface area contributed by atoms with Crippen LogP contribution in [0.5, 0.6) is 0 Å². The van der Waals surface area contributed by atoms with E-state index in [1.807, 2.05) is 87.5 Å². The van der Waals surface area contributed by atoms with Crippen LogP contribution >= 0.6 is 0 Å². The van der Waals surface area contributed by atoms with E-state index < -0.39 is 29.9 Å². The quantitative estimate of drug-likeness (QED) is 0.225. The van der Waals surface area contributed by atoms with Crippen LogP contribution in [0.4, 0.5) is 15.4 Å². The number of anilines is 1. The zero-order chi connectivity index (χ0) is 34.5. The number of carbonyl (C=O) groups excluding carboxylic acids is 4. The van der Waals surface area contributed by atoms with Gasteiger partial charge in [-0.05, 0) is 87.9 Å². The minimum absolute atomic E-state index is 0.0475. The highest BCUT2D eigenvalue weighted by Crippen LogP contribution is 2.27. The Morgan fingerprint density at radius 1 is 0.837 bits per heavy atom. The number of nitrogens with one attached hydrogen (secondary N) is 1. The number of benzene rings is 2. The predicted molar refractivity (Wildman–Crippen MR) is 185 cm³/mol. The largest absolute Gasteiger partial charge is 0.445 e. The number of ether oxygens (including phenoxy) is 2. The van der Waals surface area contributed by atoms with Gasteiger partial charge in [0.2, 0.25) is 5.91 Å². The van der Waals surface area contributed by atoms with E-state index in [0.717, 1.165) is 34.0 Å². The summed E-state index contributed by atoms with van der Waals surface area (Å²) in [4.78, 5) is 63.9. The summed E-state index contributed by atoms with van der Waals surface area (Å²) in [5.74, 6) is 0.0437. The number of amides is 3. The van der Waals surface area contributed by atoms with Crippen molar-refractivity contribution in [3.8, 4) is 11.1 Å². The average molecular weight is 664 g/mol. The van der Waals surface area contributed by atoms with E-state index in [9.17, 15) is 19.2 Å². The first-order chi connectivity index (χ1) is 23.5. The molecule has 0 aliphatic carbocycles. The van der Waals surface area contributed by atoms with E-state index in [2.05, 4.69) is 10.3 Å². The number of hydrogen-bond acceptors (Lipinski definition) is 8. The molecule has 0 radical (unpaired) electrons. The molecule has 4 heterocycles. The molecule has 3 amide bonds. The van der Waals surface area contributed by atoms with Crippen molar-refractivity contribution in [3.05, 3.63) is 90.3 Å². The number of pyridine rings is 2. The summed E-state index contributed by atoms with van der Waals surface area (Å²) in [7, 11) is 0. The fourth-order valence-electron chi connectivity index (χ4n) is 6.29. The molecule has 49 heavy (non-hydrogen) atoms. The molecule has 1 N–H and O–H groups in total. The van der Waals surface area contributed by atoms with Crippen LogP contribution in [0.2, 0.25) is 0 Å². The Labute approximate surface area is 285 Å². The van der Waals surface area contributed by atoms with Crippen LogP contribution in [0.25, 0.3) is 22.0 Å². The number of hydrogen-bond donors (Lipinski definition) is 1. The summed E-state index contributed by atoms with van der Waals surface area (Å²) in [5.41, 5.74) is 3.44. The fourth-order valence-corrected chi connectivity index (χ4v) is 6.29. The standard InChI is InChI=1S/C38H41N5O6/c1-38(2,3)49-37(47)42-19-7-11-31(42)33(44)22-29-16-13-27-21-26(14-17-30(27)40-29)28-15-18-34(39-23-28)41-35(45)32-12-8-20-43(32)36(46)48-24-25-9-5-4-6-10-25/h4-6,9-10,13-18,21,23,31-32H,7-8,11-12,19-20,22,24H2,1-3H3,(H,39,41,45)/t31-,32-/m0/s1. The number of Topliss-reactive ketones (excluding diaryl/α,β-unsaturated/α-hetero) is 1. The molecule has 0 saturated carbocycles. The molecule has 6 rings (SSSR count). The molecule has 11 nitrogen and oxygen atoms in total. The Bertz CT molecular complexity index is 1840. The van der Waals surface area contributed by atoms with Gasteiger partial charge < -0.3 is 14.8 Å². The van der Waals surface area contributed by atoms with Gasteiger partial charge in [0.05, 0.1) is 18.0 Å². The first-order valence-electron chi connectivity index (χ1n) is 16.7. The molecule has 11 heteroatoms. The molecule has 2 aliphatic heterocycles. The third-order valence-electron chi connectivity index (χ3n) is 8.70. The lowest BCUT2D eigenvalue weighted by molar-refractivity contribution is -0.122. The normalized spacial score (nSPS) is 17.6. The number of carbonyl (C=O) groups is 4. The van der Waals surface area contributed by atoms with Gasteiger partial charge >= 0.3 is 12.2 Å². The van der Waals surface area contributed by atoms with E-state index in [-0.39, 0.29) is 24.7 Å².